The minimum atomic E-state index is -0.818. The van der Waals surface area contributed by atoms with Gasteiger partial charge in [0.2, 0.25) is 0 Å². The highest BCUT2D eigenvalue weighted by Crippen LogP contribution is 2.27. The number of hydrogen-bond donors (Lipinski definition) is 2. The van der Waals surface area contributed by atoms with Crippen LogP contribution in [0.15, 0.2) is 30.3 Å². The van der Waals surface area contributed by atoms with Crippen LogP contribution in [0, 0.1) is 24.5 Å². The van der Waals surface area contributed by atoms with Gasteiger partial charge in [-0.2, -0.15) is 0 Å². The predicted octanol–water partition coefficient (Wildman–Crippen LogP) is 3.77. The van der Waals surface area contributed by atoms with Crippen molar-refractivity contribution in [1.29, 1.82) is 0 Å². The van der Waals surface area contributed by atoms with E-state index in [1.807, 2.05) is 0 Å². The maximum atomic E-state index is 14.4. The van der Waals surface area contributed by atoms with Crippen LogP contribution in [0.1, 0.15) is 41.8 Å². The Kier molecular flexibility index (Phi) is 10.1. The first kappa shape index (κ1) is 25.0. The molecule has 0 aliphatic heterocycles. The van der Waals surface area contributed by atoms with Crippen molar-refractivity contribution in [3.05, 3.63) is 58.7 Å². The summed E-state index contributed by atoms with van der Waals surface area (Å²) in [4.78, 5) is 11.2. The molecule has 0 unspecified atom stereocenters. The van der Waals surface area contributed by atoms with Crippen LogP contribution in [-0.4, -0.2) is 17.9 Å². The van der Waals surface area contributed by atoms with Gasteiger partial charge in [-0.25, -0.2) is 8.78 Å². The lowest BCUT2D eigenvalue weighted by Crippen LogP contribution is -2.17. The third-order valence-corrected chi connectivity index (χ3v) is 4.16. The van der Waals surface area contributed by atoms with Gasteiger partial charge in [-0.15, -0.1) is 12.4 Å². The molecule has 1 amide bonds. The van der Waals surface area contributed by atoms with Crippen molar-refractivity contribution in [3.8, 4) is 11.1 Å². The van der Waals surface area contributed by atoms with Crippen molar-refractivity contribution in [3.63, 3.8) is 0 Å². The zero-order chi connectivity index (χ0) is 18.6. The molecule has 27 heavy (non-hydrogen) atoms. The number of primary amides is 1. The second-order valence-electron chi connectivity index (χ2n) is 6.68. The number of hydrogen-bond acceptors (Lipinski definition) is 2. The molecule has 0 bridgehead atoms. The average molecular weight is 401 g/mol. The summed E-state index contributed by atoms with van der Waals surface area (Å²) in [7, 11) is 0. The van der Waals surface area contributed by atoms with Crippen molar-refractivity contribution in [2.75, 3.05) is 6.54 Å². The number of carbonyl (C=O) groups excluding carboxylic acids is 1. The van der Waals surface area contributed by atoms with E-state index in [0.29, 0.717) is 34.7 Å². The van der Waals surface area contributed by atoms with Crippen molar-refractivity contribution in [2.45, 2.75) is 33.7 Å². The summed E-state index contributed by atoms with van der Waals surface area (Å²) in [6.45, 7) is 7.30. The minimum Gasteiger partial charge on any atom is -0.412 e. The number of carbonyl (C=O) groups is 1. The summed E-state index contributed by atoms with van der Waals surface area (Å²) in [5, 5.41) is 3.22. The zero-order valence-electron chi connectivity index (χ0n) is 15.7. The van der Waals surface area contributed by atoms with Crippen LogP contribution in [0.3, 0.4) is 0 Å². The van der Waals surface area contributed by atoms with Gasteiger partial charge in [0.25, 0.3) is 5.91 Å². The van der Waals surface area contributed by atoms with Crippen LogP contribution >= 0.6 is 12.4 Å². The zero-order valence-corrected chi connectivity index (χ0v) is 16.6. The third kappa shape index (κ3) is 6.57. The molecule has 0 spiro atoms. The molecule has 0 heterocycles. The maximum absolute atomic E-state index is 14.4. The van der Waals surface area contributed by atoms with Crippen LogP contribution in [0.5, 0.6) is 0 Å². The number of nitrogens with two attached hydrogens (primary N) is 1. The van der Waals surface area contributed by atoms with Crippen LogP contribution in [-0.2, 0) is 6.54 Å². The number of rotatable bonds is 7. The second kappa shape index (κ2) is 11.0. The van der Waals surface area contributed by atoms with E-state index in [9.17, 15) is 13.6 Å². The minimum absolute atomic E-state index is 0. The van der Waals surface area contributed by atoms with Crippen LogP contribution in [0.25, 0.3) is 11.1 Å². The lowest BCUT2D eigenvalue weighted by Gasteiger charge is -2.12. The Morgan fingerprint density at radius 3 is 2.37 bits per heavy atom. The molecular weight excluding hydrogens is 374 g/mol. The molecule has 150 valence electrons. The van der Waals surface area contributed by atoms with Crippen LogP contribution in [0.4, 0.5) is 8.78 Å². The first-order valence-corrected chi connectivity index (χ1v) is 8.39. The SMILES string of the molecule is Cc1cc(C(N)=O)c(F)cc1-c1ccc(CNCCC(C)C)c(F)c1.Cl.O. The number of amides is 1. The van der Waals surface area contributed by atoms with E-state index in [1.54, 1.807) is 19.1 Å². The van der Waals surface area contributed by atoms with E-state index in [-0.39, 0.29) is 29.3 Å². The van der Waals surface area contributed by atoms with Crippen molar-refractivity contribution < 1.29 is 19.1 Å². The maximum Gasteiger partial charge on any atom is 0.251 e. The van der Waals surface area contributed by atoms with E-state index < -0.39 is 11.7 Å². The molecular formula is C20H27ClF2N2O2. The van der Waals surface area contributed by atoms with Gasteiger partial charge in [-0.3, -0.25) is 4.79 Å². The van der Waals surface area contributed by atoms with Gasteiger partial charge in [-0.05, 0) is 60.7 Å². The number of benzene rings is 2. The Balaban J connectivity index is 0.00000338. The Morgan fingerprint density at radius 2 is 1.81 bits per heavy atom. The summed E-state index contributed by atoms with van der Waals surface area (Å²) >= 11 is 0. The van der Waals surface area contributed by atoms with Crippen molar-refractivity contribution in [2.24, 2.45) is 11.7 Å². The molecule has 5 N–H and O–H groups in total. The predicted molar refractivity (Wildman–Crippen MR) is 107 cm³/mol. The molecule has 0 atom stereocenters. The first-order chi connectivity index (χ1) is 11.8. The van der Waals surface area contributed by atoms with Crippen molar-refractivity contribution in [1.82, 2.24) is 5.32 Å². The number of aryl methyl sites for hydroxylation is 1. The van der Waals surface area contributed by atoms with Crippen molar-refractivity contribution >= 4 is 18.3 Å². The lowest BCUT2D eigenvalue weighted by molar-refractivity contribution is 0.0996. The number of nitrogens with one attached hydrogen (secondary N) is 1. The summed E-state index contributed by atoms with van der Waals surface area (Å²) in [5.74, 6) is -1.26. The standard InChI is InChI=1S/C20H24F2N2O.ClH.H2O/c1-12(2)6-7-24-11-15-5-4-14(9-18(15)21)16-10-19(22)17(20(23)25)8-13(16)3;;/h4-5,8-10,12,24H,6-7,11H2,1-3H3,(H2,23,25);1H;1H2. The fourth-order valence-corrected chi connectivity index (χ4v) is 2.65. The summed E-state index contributed by atoms with van der Waals surface area (Å²) in [6, 6.07) is 7.48. The molecule has 4 nitrogen and oxygen atoms in total. The highest BCUT2D eigenvalue weighted by molar-refractivity contribution is 5.94. The molecule has 0 aromatic heterocycles. The first-order valence-electron chi connectivity index (χ1n) is 8.39. The highest BCUT2D eigenvalue weighted by Gasteiger charge is 2.14. The molecule has 0 fully saturated rings. The topological polar surface area (TPSA) is 86.6 Å². The lowest BCUT2D eigenvalue weighted by atomic mass is 9.96. The van der Waals surface area contributed by atoms with E-state index in [2.05, 4.69) is 19.2 Å². The highest BCUT2D eigenvalue weighted by atomic mass is 35.5. The molecule has 0 saturated carbocycles. The molecule has 0 radical (unpaired) electrons. The Labute approximate surface area is 164 Å². The molecule has 2 aromatic carbocycles. The quantitative estimate of drug-likeness (QED) is 0.693. The molecule has 0 aliphatic rings. The largest absolute Gasteiger partial charge is 0.412 e. The van der Waals surface area contributed by atoms with Gasteiger partial charge >= 0.3 is 0 Å². The molecule has 0 saturated heterocycles. The van der Waals surface area contributed by atoms with Gasteiger partial charge in [0.15, 0.2) is 0 Å². The molecule has 2 aromatic rings. The van der Waals surface area contributed by atoms with Crippen LogP contribution < -0.4 is 11.1 Å². The fourth-order valence-electron chi connectivity index (χ4n) is 2.65. The Hall–Kier alpha value is -2.02. The smallest absolute Gasteiger partial charge is 0.251 e. The fraction of sp³-hybridized carbons (Fsp3) is 0.350. The normalized spacial score (nSPS) is 10.3. The van der Waals surface area contributed by atoms with Gasteiger partial charge in [0.05, 0.1) is 5.56 Å². The van der Waals surface area contributed by atoms with E-state index in [4.69, 9.17) is 5.73 Å². The van der Waals surface area contributed by atoms with E-state index in [1.165, 1.54) is 18.2 Å². The molecule has 2 rings (SSSR count). The molecule has 0 aliphatic carbocycles. The summed E-state index contributed by atoms with van der Waals surface area (Å²) in [5.41, 5.74) is 7.33. The average Bonchev–Trinajstić information content (AvgIpc) is 2.54. The van der Waals surface area contributed by atoms with E-state index >= 15 is 0 Å². The summed E-state index contributed by atoms with van der Waals surface area (Å²) in [6.07, 6.45) is 1.03. The monoisotopic (exact) mass is 400 g/mol. The van der Waals surface area contributed by atoms with Gasteiger partial charge < -0.3 is 16.5 Å². The van der Waals surface area contributed by atoms with Gasteiger partial charge in [0.1, 0.15) is 11.6 Å². The van der Waals surface area contributed by atoms with Gasteiger partial charge in [-0.1, -0.05) is 26.0 Å². The van der Waals surface area contributed by atoms with Crippen LogP contribution in [0.2, 0.25) is 0 Å². The third-order valence-electron chi connectivity index (χ3n) is 4.16. The van der Waals surface area contributed by atoms with E-state index in [0.717, 1.165) is 13.0 Å². The second-order valence-corrected chi connectivity index (χ2v) is 6.68. The Bertz CT molecular complexity index is 783. The Morgan fingerprint density at radius 1 is 1.15 bits per heavy atom. The van der Waals surface area contributed by atoms with Gasteiger partial charge in [0, 0.05) is 12.1 Å². The number of halogens is 3. The summed E-state index contributed by atoms with van der Waals surface area (Å²) < 4.78 is 28.4. The molecule has 7 heteroatoms.